The van der Waals surface area contributed by atoms with Gasteiger partial charge in [0, 0.05) is 26.7 Å². The zero-order chi connectivity index (χ0) is 14.1. The Hall–Kier alpha value is 0.548. The highest BCUT2D eigenvalue weighted by Gasteiger charge is 2.50. The molecule has 0 radical (unpaired) electrons. The lowest BCUT2D eigenvalue weighted by Crippen LogP contribution is -2.58. The summed E-state index contributed by atoms with van der Waals surface area (Å²) >= 11 is 0. The molecular weight excluding hydrogens is 320 g/mol. The zero-order valence-electron chi connectivity index (χ0n) is 12.1. The number of rotatable bonds is 7. The summed E-state index contributed by atoms with van der Waals surface area (Å²) < 4.78 is 34.0. The van der Waals surface area contributed by atoms with Crippen molar-refractivity contribution in [2.45, 2.75) is 20.8 Å². The molecular formula is C7H24N2O6Si4. The van der Waals surface area contributed by atoms with Crippen molar-refractivity contribution in [3.63, 3.8) is 0 Å². The van der Waals surface area contributed by atoms with Gasteiger partial charge in [-0.1, -0.05) is 20.8 Å². The van der Waals surface area contributed by atoms with E-state index in [2.05, 4.69) is 0 Å². The molecule has 0 spiro atoms. The third-order valence-corrected chi connectivity index (χ3v) is 9.92. The van der Waals surface area contributed by atoms with Crippen LogP contribution in [0.2, 0.25) is 0 Å². The van der Waals surface area contributed by atoms with Gasteiger partial charge in [-0.3, -0.25) is 9.05 Å². The van der Waals surface area contributed by atoms with Gasteiger partial charge in [0.05, 0.1) is 0 Å². The summed E-state index contributed by atoms with van der Waals surface area (Å²) in [5.41, 5.74) is 0. The first kappa shape index (κ1) is 17.6. The Balaban J connectivity index is 2.73. The van der Waals surface area contributed by atoms with E-state index in [-0.39, 0.29) is 0 Å². The van der Waals surface area contributed by atoms with Gasteiger partial charge in [0.25, 0.3) is 30.0 Å². The van der Waals surface area contributed by atoms with Gasteiger partial charge in [-0.05, 0) is 0 Å². The van der Waals surface area contributed by atoms with Crippen molar-refractivity contribution >= 4 is 39.1 Å². The average molecular weight is 345 g/mol. The third kappa shape index (κ3) is 6.23. The molecule has 0 aromatic carbocycles. The lowest BCUT2D eigenvalue weighted by molar-refractivity contribution is -0.189. The minimum absolute atomic E-state index is 0.711. The lowest BCUT2D eigenvalue weighted by Gasteiger charge is -2.35. The van der Waals surface area contributed by atoms with Crippen LogP contribution in [-0.4, -0.2) is 75.9 Å². The molecule has 0 saturated carbocycles. The van der Waals surface area contributed by atoms with Crippen molar-refractivity contribution in [2.75, 3.05) is 26.7 Å². The van der Waals surface area contributed by atoms with Gasteiger partial charge < -0.3 is 16.5 Å². The fourth-order valence-electron chi connectivity index (χ4n) is 1.28. The van der Waals surface area contributed by atoms with Crippen LogP contribution in [-0.2, 0) is 25.5 Å². The van der Waals surface area contributed by atoms with E-state index in [1.54, 1.807) is 10.1 Å². The van der Waals surface area contributed by atoms with Gasteiger partial charge in [0.15, 0.2) is 0 Å². The molecule has 0 unspecified atom stereocenters. The molecule has 0 amide bonds. The summed E-state index contributed by atoms with van der Waals surface area (Å²) in [6, 6.07) is 0. The van der Waals surface area contributed by atoms with Crippen LogP contribution in [0.1, 0.15) is 20.8 Å². The summed E-state index contributed by atoms with van der Waals surface area (Å²) in [5, 5.41) is 3.44. The summed E-state index contributed by atoms with van der Waals surface area (Å²) in [6.45, 7) is 8.17. The summed E-state index contributed by atoms with van der Waals surface area (Å²) in [7, 11) is -4.63. The first-order valence-electron chi connectivity index (χ1n) is 6.43. The van der Waals surface area contributed by atoms with Crippen LogP contribution in [0.4, 0.5) is 0 Å². The molecule has 1 aliphatic heterocycles. The molecule has 12 heteroatoms. The van der Waals surface area contributed by atoms with E-state index in [9.17, 15) is 0 Å². The van der Waals surface area contributed by atoms with E-state index in [0.717, 1.165) is 13.1 Å². The van der Waals surface area contributed by atoms with Gasteiger partial charge in [-0.25, -0.2) is 0 Å². The maximum absolute atomic E-state index is 5.87. The van der Waals surface area contributed by atoms with Crippen LogP contribution in [0.15, 0.2) is 0 Å². The van der Waals surface area contributed by atoms with Gasteiger partial charge in [-0.2, -0.15) is 10.1 Å². The number of hydrogen-bond donors (Lipinski definition) is 0. The van der Waals surface area contributed by atoms with Crippen molar-refractivity contribution in [2.24, 2.45) is 0 Å². The Morgan fingerprint density at radius 2 is 1.47 bits per heavy atom. The molecule has 1 fully saturated rings. The lowest BCUT2D eigenvalue weighted by atomic mass is 10.6. The van der Waals surface area contributed by atoms with Crippen molar-refractivity contribution in [1.82, 2.24) is 10.1 Å². The highest BCUT2D eigenvalue weighted by molar-refractivity contribution is 6.65. The van der Waals surface area contributed by atoms with E-state index < -0.39 is 39.1 Å². The summed E-state index contributed by atoms with van der Waals surface area (Å²) in [6.07, 6.45) is 0. The fourth-order valence-corrected chi connectivity index (χ4v) is 9.73. The molecule has 1 rings (SSSR count). The number of hydrogen-bond acceptors (Lipinski definition) is 8. The maximum atomic E-state index is 5.87. The van der Waals surface area contributed by atoms with Crippen LogP contribution in [0.5, 0.6) is 0 Å². The second-order valence-corrected chi connectivity index (χ2v) is 11.4. The average Bonchev–Trinajstić information content (AvgIpc) is 2.40. The van der Waals surface area contributed by atoms with Crippen molar-refractivity contribution in [3.8, 4) is 0 Å². The molecule has 0 bridgehead atoms. The van der Waals surface area contributed by atoms with E-state index in [1.807, 2.05) is 27.8 Å². The first-order valence-corrected chi connectivity index (χ1v) is 11.5. The number of nitrogens with zero attached hydrogens (tertiary/aromatic N) is 2. The second-order valence-electron chi connectivity index (χ2n) is 3.79. The van der Waals surface area contributed by atoms with Crippen LogP contribution >= 0.6 is 0 Å². The molecule has 1 aliphatic rings. The van der Waals surface area contributed by atoms with Crippen molar-refractivity contribution in [1.29, 1.82) is 0 Å². The zero-order valence-corrected chi connectivity index (χ0v) is 17.3. The molecule has 1 saturated heterocycles. The van der Waals surface area contributed by atoms with Crippen LogP contribution in [0.25, 0.3) is 0 Å². The quantitative estimate of drug-likeness (QED) is 0.376. The molecule has 8 nitrogen and oxygen atoms in total. The molecule has 0 N–H and O–H groups in total. The molecule has 0 atom stereocenters. The van der Waals surface area contributed by atoms with Crippen molar-refractivity contribution in [3.05, 3.63) is 0 Å². The molecule has 0 aromatic heterocycles. The highest BCUT2D eigenvalue weighted by Crippen LogP contribution is 2.15. The second kappa shape index (κ2) is 9.48. The maximum Gasteiger partial charge on any atom is 0.695 e. The Kier molecular flexibility index (Phi) is 8.78. The molecule has 114 valence electrons. The highest BCUT2D eigenvalue weighted by atomic mass is 28.5. The Morgan fingerprint density at radius 1 is 0.895 bits per heavy atom. The van der Waals surface area contributed by atoms with Crippen molar-refractivity contribution < 1.29 is 25.5 Å². The van der Waals surface area contributed by atoms with Crippen LogP contribution < -0.4 is 0 Å². The van der Waals surface area contributed by atoms with Gasteiger partial charge in [0.2, 0.25) is 0 Å². The van der Waals surface area contributed by atoms with Gasteiger partial charge in [0.1, 0.15) is 0 Å². The first-order chi connectivity index (χ1) is 9.15. The SMILES string of the molecule is CCN(C)O[Si]1(ON(CC)CC)O[SiH2]O[SiH2]O[SiH2]O1. The minimum atomic E-state index is -3.21. The smallest absolute Gasteiger partial charge is 0.425 e. The fraction of sp³-hybridized carbons (Fsp3) is 1.00. The largest absolute Gasteiger partial charge is 0.695 e. The predicted molar refractivity (Wildman–Crippen MR) is 79.1 cm³/mol. The number of hydroxylamine groups is 4. The standard InChI is InChI=1S/C7H24N2O6Si4/c1-5-8(4)10-19(11-9(6-2)7-3)14-17-12-16-13-18-15-19/h5-7,16-18H2,1-4H3. The van der Waals surface area contributed by atoms with E-state index in [0.29, 0.717) is 6.54 Å². The van der Waals surface area contributed by atoms with Crippen LogP contribution in [0.3, 0.4) is 0 Å². The minimum Gasteiger partial charge on any atom is -0.425 e. The van der Waals surface area contributed by atoms with E-state index in [4.69, 9.17) is 25.5 Å². The monoisotopic (exact) mass is 344 g/mol. The molecule has 19 heavy (non-hydrogen) atoms. The van der Waals surface area contributed by atoms with Gasteiger partial charge in [-0.15, -0.1) is 0 Å². The normalized spacial score (nSPS) is 29.4. The Morgan fingerprint density at radius 3 is 1.95 bits per heavy atom. The van der Waals surface area contributed by atoms with Gasteiger partial charge >= 0.3 is 9.05 Å². The molecule has 1 heterocycles. The Labute approximate surface area is 122 Å². The molecule has 0 aliphatic carbocycles. The third-order valence-electron chi connectivity index (χ3n) is 2.46. The summed E-state index contributed by atoms with van der Waals surface area (Å²) in [4.78, 5) is 0. The predicted octanol–water partition coefficient (Wildman–Crippen LogP) is -2.34. The van der Waals surface area contributed by atoms with E-state index in [1.165, 1.54) is 0 Å². The summed E-state index contributed by atoms with van der Waals surface area (Å²) in [5.74, 6) is 0. The Bertz CT molecular complexity index is 242. The topological polar surface area (TPSA) is 61.9 Å². The van der Waals surface area contributed by atoms with E-state index >= 15 is 0 Å². The van der Waals surface area contributed by atoms with Crippen LogP contribution in [0, 0.1) is 0 Å². The molecule has 0 aromatic rings.